The van der Waals surface area contributed by atoms with Crippen LogP contribution in [0.15, 0.2) is 54.6 Å². The highest BCUT2D eigenvalue weighted by Crippen LogP contribution is 2.31. The first-order chi connectivity index (χ1) is 13.7. The maximum atomic E-state index is 12.6. The van der Waals surface area contributed by atoms with Gasteiger partial charge in [-0.15, -0.1) is 0 Å². The van der Waals surface area contributed by atoms with Gasteiger partial charge in [-0.1, -0.05) is 42.5 Å². The summed E-state index contributed by atoms with van der Waals surface area (Å²) >= 11 is 0. The molecule has 0 unspecified atom stereocenters. The van der Waals surface area contributed by atoms with Crippen LogP contribution in [-0.4, -0.2) is 54.7 Å². The van der Waals surface area contributed by atoms with Crippen LogP contribution in [0.5, 0.6) is 5.75 Å². The molecule has 5 heteroatoms. The quantitative estimate of drug-likeness (QED) is 0.848. The molecule has 2 fully saturated rings. The molecule has 1 N–H and O–H groups in total. The number of urea groups is 1. The van der Waals surface area contributed by atoms with Gasteiger partial charge in [0.15, 0.2) is 0 Å². The van der Waals surface area contributed by atoms with Gasteiger partial charge in [-0.2, -0.15) is 0 Å². The second kappa shape index (κ2) is 8.65. The van der Waals surface area contributed by atoms with Gasteiger partial charge in [-0.25, -0.2) is 4.79 Å². The van der Waals surface area contributed by atoms with Gasteiger partial charge in [0.25, 0.3) is 0 Å². The minimum atomic E-state index is -0.0393. The standard InChI is InChI=1S/C23H29N3O2/c1-2-28-22-11-7-6-10-21(22)24-23(27)26-16-20(17-26)25-14-12-19(13-15-25)18-8-4-3-5-9-18/h3-11,19-20H,2,12-17H2,1H3,(H,24,27). The van der Waals surface area contributed by atoms with E-state index in [2.05, 4.69) is 40.5 Å². The number of benzene rings is 2. The van der Waals surface area contributed by atoms with Crippen molar-refractivity contribution >= 4 is 11.7 Å². The van der Waals surface area contributed by atoms with Crippen molar-refractivity contribution in [1.82, 2.24) is 9.80 Å². The first kappa shape index (κ1) is 18.8. The summed E-state index contributed by atoms with van der Waals surface area (Å²) in [7, 11) is 0. The van der Waals surface area contributed by atoms with Gasteiger partial charge >= 0.3 is 6.03 Å². The number of para-hydroxylation sites is 2. The second-order valence-corrected chi connectivity index (χ2v) is 7.64. The normalized spacial score (nSPS) is 18.5. The van der Waals surface area contributed by atoms with Crippen molar-refractivity contribution in [2.45, 2.75) is 31.7 Å². The first-order valence-corrected chi connectivity index (χ1v) is 10.3. The van der Waals surface area contributed by atoms with E-state index in [1.807, 2.05) is 36.1 Å². The zero-order valence-corrected chi connectivity index (χ0v) is 16.5. The molecule has 4 rings (SSSR count). The van der Waals surface area contributed by atoms with Crippen molar-refractivity contribution in [2.24, 2.45) is 0 Å². The highest BCUT2D eigenvalue weighted by Gasteiger charge is 2.36. The summed E-state index contributed by atoms with van der Waals surface area (Å²) in [6.07, 6.45) is 2.41. The van der Waals surface area contributed by atoms with E-state index in [-0.39, 0.29) is 6.03 Å². The Labute approximate surface area is 167 Å². The molecule has 0 saturated carbocycles. The number of carbonyl (C=O) groups excluding carboxylic acids is 1. The topological polar surface area (TPSA) is 44.8 Å². The number of nitrogens with zero attached hydrogens (tertiary/aromatic N) is 2. The highest BCUT2D eigenvalue weighted by molar-refractivity contribution is 5.91. The summed E-state index contributed by atoms with van der Waals surface area (Å²) in [6, 6.07) is 18.9. The van der Waals surface area contributed by atoms with E-state index in [4.69, 9.17) is 4.74 Å². The molecule has 2 aromatic rings. The molecule has 2 aliphatic heterocycles. The number of nitrogens with one attached hydrogen (secondary N) is 1. The molecule has 2 saturated heterocycles. The van der Waals surface area contributed by atoms with Crippen molar-refractivity contribution in [2.75, 3.05) is 38.1 Å². The summed E-state index contributed by atoms with van der Waals surface area (Å²) < 4.78 is 5.59. The summed E-state index contributed by atoms with van der Waals surface area (Å²) in [6.45, 7) is 6.37. The third-order valence-corrected chi connectivity index (χ3v) is 5.89. The monoisotopic (exact) mass is 379 g/mol. The number of rotatable bonds is 5. The van der Waals surface area contributed by atoms with Gasteiger partial charge in [0.2, 0.25) is 0 Å². The van der Waals surface area contributed by atoms with E-state index in [9.17, 15) is 4.79 Å². The van der Waals surface area contributed by atoms with E-state index >= 15 is 0 Å². The SMILES string of the molecule is CCOc1ccccc1NC(=O)N1CC(N2CCC(c3ccccc3)CC2)C1. The van der Waals surface area contributed by atoms with Crippen molar-refractivity contribution < 1.29 is 9.53 Å². The number of carbonyl (C=O) groups is 1. The number of piperidine rings is 1. The minimum absolute atomic E-state index is 0.0393. The van der Waals surface area contributed by atoms with Crippen LogP contribution in [0, 0.1) is 0 Å². The van der Waals surface area contributed by atoms with Crippen molar-refractivity contribution in [3.63, 3.8) is 0 Å². The molecular weight excluding hydrogens is 350 g/mol. The van der Waals surface area contributed by atoms with Crippen LogP contribution in [0.25, 0.3) is 0 Å². The molecule has 2 aromatic carbocycles. The van der Waals surface area contributed by atoms with Crippen LogP contribution in [0.1, 0.15) is 31.2 Å². The predicted molar refractivity (Wildman–Crippen MR) is 112 cm³/mol. The lowest BCUT2D eigenvalue weighted by molar-refractivity contribution is 0.0453. The van der Waals surface area contributed by atoms with E-state index in [0.717, 1.165) is 37.6 Å². The molecule has 0 spiro atoms. The lowest BCUT2D eigenvalue weighted by atomic mass is 9.88. The fourth-order valence-corrected chi connectivity index (χ4v) is 4.22. The van der Waals surface area contributed by atoms with E-state index in [1.165, 1.54) is 18.4 Å². The Balaban J connectivity index is 1.24. The van der Waals surface area contributed by atoms with Crippen LogP contribution in [-0.2, 0) is 0 Å². The fraction of sp³-hybridized carbons (Fsp3) is 0.435. The van der Waals surface area contributed by atoms with E-state index in [1.54, 1.807) is 0 Å². The maximum absolute atomic E-state index is 12.6. The van der Waals surface area contributed by atoms with Gasteiger partial charge in [0.1, 0.15) is 5.75 Å². The van der Waals surface area contributed by atoms with Gasteiger partial charge in [-0.3, -0.25) is 4.90 Å². The average Bonchev–Trinajstić information content (AvgIpc) is 2.70. The Bertz CT molecular complexity index is 781. The van der Waals surface area contributed by atoms with Crippen LogP contribution in [0.4, 0.5) is 10.5 Å². The summed E-state index contributed by atoms with van der Waals surface area (Å²) in [5, 5.41) is 2.99. The Morgan fingerprint density at radius 2 is 1.71 bits per heavy atom. The van der Waals surface area contributed by atoms with Gasteiger partial charge in [0.05, 0.1) is 12.3 Å². The maximum Gasteiger partial charge on any atom is 0.322 e. The molecule has 0 aromatic heterocycles. The molecule has 0 bridgehead atoms. The van der Waals surface area contributed by atoms with Crippen LogP contribution < -0.4 is 10.1 Å². The van der Waals surface area contributed by atoms with Crippen molar-refractivity contribution in [3.05, 3.63) is 60.2 Å². The second-order valence-electron chi connectivity index (χ2n) is 7.64. The van der Waals surface area contributed by atoms with Crippen LogP contribution >= 0.6 is 0 Å². The zero-order chi connectivity index (χ0) is 19.3. The number of ether oxygens (including phenoxy) is 1. The minimum Gasteiger partial charge on any atom is -0.492 e. The number of hydrogen-bond donors (Lipinski definition) is 1. The predicted octanol–water partition coefficient (Wildman–Crippen LogP) is 4.18. The fourth-order valence-electron chi connectivity index (χ4n) is 4.22. The lowest BCUT2D eigenvalue weighted by Crippen LogP contribution is -2.62. The molecule has 2 amide bonds. The van der Waals surface area contributed by atoms with Crippen LogP contribution in [0.3, 0.4) is 0 Å². The van der Waals surface area contributed by atoms with Crippen LogP contribution in [0.2, 0.25) is 0 Å². The molecule has 28 heavy (non-hydrogen) atoms. The number of anilines is 1. The third kappa shape index (κ3) is 4.14. The van der Waals surface area contributed by atoms with Gasteiger partial charge in [-0.05, 0) is 56.5 Å². The van der Waals surface area contributed by atoms with E-state index < -0.39 is 0 Å². The average molecular weight is 380 g/mol. The molecule has 148 valence electrons. The van der Waals surface area contributed by atoms with Crippen molar-refractivity contribution in [3.8, 4) is 5.75 Å². The van der Waals surface area contributed by atoms with Gasteiger partial charge < -0.3 is 15.0 Å². The Kier molecular flexibility index (Phi) is 5.81. The van der Waals surface area contributed by atoms with Gasteiger partial charge in [0, 0.05) is 19.1 Å². The number of hydrogen-bond acceptors (Lipinski definition) is 3. The highest BCUT2D eigenvalue weighted by atomic mass is 16.5. The first-order valence-electron chi connectivity index (χ1n) is 10.3. The Morgan fingerprint density at radius 1 is 1.04 bits per heavy atom. The van der Waals surface area contributed by atoms with E-state index in [0.29, 0.717) is 18.6 Å². The smallest absolute Gasteiger partial charge is 0.322 e. The summed E-state index contributed by atoms with van der Waals surface area (Å²) in [5.41, 5.74) is 2.20. The summed E-state index contributed by atoms with van der Waals surface area (Å²) in [4.78, 5) is 17.0. The third-order valence-electron chi connectivity index (χ3n) is 5.89. The number of likely N-dealkylation sites (tertiary alicyclic amines) is 2. The molecule has 0 radical (unpaired) electrons. The molecular formula is C23H29N3O2. The molecule has 0 aliphatic carbocycles. The Morgan fingerprint density at radius 3 is 2.43 bits per heavy atom. The molecule has 0 atom stereocenters. The summed E-state index contributed by atoms with van der Waals surface area (Å²) in [5.74, 6) is 1.39. The lowest BCUT2D eigenvalue weighted by Gasteiger charge is -2.47. The molecule has 2 heterocycles. The molecule has 2 aliphatic rings. The molecule has 5 nitrogen and oxygen atoms in total. The largest absolute Gasteiger partial charge is 0.492 e. The Hall–Kier alpha value is -2.53. The van der Waals surface area contributed by atoms with Crippen molar-refractivity contribution in [1.29, 1.82) is 0 Å². The zero-order valence-electron chi connectivity index (χ0n) is 16.5. The number of amides is 2.